The van der Waals surface area contributed by atoms with Crippen LogP contribution in [0.5, 0.6) is 0 Å². The molecule has 1 atom stereocenters. The average Bonchev–Trinajstić information content (AvgIpc) is 2.31. The molecule has 1 aromatic heterocycles. The van der Waals surface area contributed by atoms with Crippen LogP contribution < -0.4 is 5.32 Å². The summed E-state index contributed by atoms with van der Waals surface area (Å²) in [5, 5.41) is 12.8. The summed E-state index contributed by atoms with van der Waals surface area (Å²) in [4.78, 5) is 8.38. The van der Waals surface area contributed by atoms with Gasteiger partial charge in [-0.3, -0.25) is 9.97 Å². The van der Waals surface area contributed by atoms with E-state index >= 15 is 0 Å². The minimum atomic E-state index is -0.484. The molecule has 0 bridgehead atoms. The molecule has 0 aromatic carbocycles. The first-order chi connectivity index (χ1) is 8.58. The van der Waals surface area contributed by atoms with Crippen LogP contribution in [0.1, 0.15) is 25.2 Å². The summed E-state index contributed by atoms with van der Waals surface area (Å²) >= 11 is 0. The lowest BCUT2D eigenvalue weighted by Gasteiger charge is -2.13. The molecule has 5 heteroatoms. The van der Waals surface area contributed by atoms with Gasteiger partial charge >= 0.3 is 0 Å². The first-order valence-electron chi connectivity index (χ1n) is 6.32. The molecule has 1 heterocycles. The van der Waals surface area contributed by atoms with Crippen molar-refractivity contribution >= 4 is 0 Å². The maximum absolute atomic E-state index is 9.66. The molecule has 1 aromatic rings. The summed E-state index contributed by atoms with van der Waals surface area (Å²) in [6, 6.07) is 0. The van der Waals surface area contributed by atoms with Gasteiger partial charge in [-0.15, -0.1) is 0 Å². The second-order valence-corrected chi connectivity index (χ2v) is 4.87. The van der Waals surface area contributed by atoms with Crippen LogP contribution in [0.4, 0.5) is 0 Å². The lowest BCUT2D eigenvalue weighted by molar-refractivity contribution is 0.0260. The number of aliphatic hydroxyl groups excluding tert-OH is 1. The van der Waals surface area contributed by atoms with Gasteiger partial charge in [-0.2, -0.15) is 0 Å². The fourth-order valence-corrected chi connectivity index (χ4v) is 1.38. The molecule has 0 fully saturated rings. The van der Waals surface area contributed by atoms with Crippen molar-refractivity contribution in [1.29, 1.82) is 0 Å². The van der Waals surface area contributed by atoms with E-state index in [0.29, 0.717) is 32.2 Å². The maximum Gasteiger partial charge on any atom is 0.0897 e. The van der Waals surface area contributed by atoms with E-state index in [-0.39, 0.29) is 0 Å². The van der Waals surface area contributed by atoms with Crippen molar-refractivity contribution in [1.82, 2.24) is 15.3 Å². The molecule has 0 saturated carbocycles. The Balaban J connectivity index is 2.11. The highest BCUT2D eigenvalue weighted by molar-refractivity contribution is 5.00. The molecule has 0 aliphatic carbocycles. The fraction of sp³-hybridized carbons (Fsp3) is 0.692. The quantitative estimate of drug-likeness (QED) is 0.721. The fourth-order valence-electron chi connectivity index (χ4n) is 1.38. The number of rotatable bonds is 8. The van der Waals surface area contributed by atoms with Crippen molar-refractivity contribution in [2.24, 2.45) is 5.92 Å². The Morgan fingerprint density at radius 3 is 2.67 bits per heavy atom. The van der Waals surface area contributed by atoms with Gasteiger partial charge in [0.25, 0.3) is 0 Å². The van der Waals surface area contributed by atoms with E-state index in [4.69, 9.17) is 4.74 Å². The van der Waals surface area contributed by atoms with Crippen molar-refractivity contribution in [3.63, 3.8) is 0 Å². The first kappa shape index (κ1) is 15.0. The Morgan fingerprint density at radius 2 is 2.06 bits per heavy atom. The molecule has 0 spiro atoms. The van der Waals surface area contributed by atoms with E-state index in [2.05, 4.69) is 29.1 Å². The Hall–Kier alpha value is -1.04. The van der Waals surface area contributed by atoms with Gasteiger partial charge in [-0.25, -0.2) is 0 Å². The summed E-state index contributed by atoms with van der Waals surface area (Å²) in [7, 11) is 0. The number of nitrogens with zero attached hydrogens (tertiary/aromatic N) is 2. The average molecular weight is 253 g/mol. The van der Waals surface area contributed by atoms with Gasteiger partial charge in [-0.05, 0) is 12.8 Å². The third-order valence-electron chi connectivity index (χ3n) is 2.28. The van der Waals surface area contributed by atoms with Gasteiger partial charge < -0.3 is 15.2 Å². The highest BCUT2D eigenvalue weighted by Gasteiger charge is 2.05. The van der Waals surface area contributed by atoms with E-state index in [9.17, 15) is 5.11 Å². The standard InChI is InChI=1S/C13H23N3O2/c1-10(2)8-18-9-13(17)7-14-5-12-6-15-11(3)4-16-12/h4,6,10,13-14,17H,5,7-9H2,1-3H3. The predicted octanol–water partition coefficient (Wildman–Crippen LogP) is 0.908. The van der Waals surface area contributed by atoms with Gasteiger partial charge in [0.15, 0.2) is 0 Å². The highest BCUT2D eigenvalue weighted by Crippen LogP contribution is 1.95. The number of aryl methyl sites for hydroxylation is 1. The van der Waals surface area contributed by atoms with Crippen LogP contribution in [-0.2, 0) is 11.3 Å². The van der Waals surface area contributed by atoms with E-state index in [1.54, 1.807) is 12.4 Å². The predicted molar refractivity (Wildman–Crippen MR) is 70.1 cm³/mol. The molecule has 0 aliphatic rings. The monoisotopic (exact) mass is 253 g/mol. The molecule has 0 amide bonds. The zero-order valence-electron chi connectivity index (χ0n) is 11.4. The van der Waals surface area contributed by atoms with Crippen LogP contribution in [0.25, 0.3) is 0 Å². The first-order valence-corrected chi connectivity index (χ1v) is 6.32. The zero-order chi connectivity index (χ0) is 13.4. The second-order valence-electron chi connectivity index (χ2n) is 4.87. The van der Waals surface area contributed by atoms with Crippen molar-refractivity contribution in [2.45, 2.75) is 33.4 Å². The topological polar surface area (TPSA) is 67.3 Å². The smallest absolute Gasteiger partial charge is 0.0897 e. The number of hydrogen-bond acceptors (Lipinski definition) is 5. The van der Waals surface area contributed by atoms with Crippen LogP contribution in [0.2, 0.25) is 0 Å². The largest absolute Gasteiger partial charge is 0.389 e. The molecular formula is C13H23N3O2. The molecule has 18 heavy (non-hydrogen) atoms. The van der Waals surface area contributed by atoms with Gasteiger partial charge in [0.2, 0.25) is 0 Å². The Kier molecular flexibility index (Phi) is 6.78. The highest BCUT2D eigenvalue weighted by atomic mass is 16.5. The van der Waals surface area contributed by atoms with Crippen LogP contribution in [0, 0.1) is 12.8 Å². The van der Waals surface area contributed by atoms with Crippen LogP contribution in [-0.4, -0.2) is 40.9 Å². The number of ether oxygens (including phenoxy) is 1. The van der Waals surface area contributed by atoms with Gasteiger partial charge in [-0.1, -0.05) is 13.8 Å². The van der Waals surface area contributed by atoms with Crippen LogP contribution >= 0.6 is 0 Å². The van der Waals surface area contributed by atoms with Crippen LogP contribution in [0.15, 0.2) is 12.4 Å². The lowest BCUT2D eigenvalue weighted by atomic mass is 10.2. The lowest BCUT2D eigenvalue weighted by Crippen LogP contribution is -2.30. The molecule has 0 saturated heterocycles. The maximum atomic E-state index is 9.66. The minimum absolute atomic E-state index is 0.366. The van der Waals surface area contributed by atoms with Crippen molar-refractivity contribution in [3.05, 3.63) is 23.8 Å². The Bertz CT molecular complexity index is 328. The van der Waals surface area contributed by atoms with Crippen molar-refractivity contribution in [3.8, 4) is 0 Å². The van der Waals surface area contributed by atoms with Gasteiger partial charge in [0.05, 0.1) is 24.1 Å². The van der Waals surface area contributed by atoms with E-state index in [1.165, 1.54) is 0 Å². The number of nitrogens with one attached hydrogen (secondary N) is 1. The summed E-state index contributed by atoms with van der Waals surface area (Å²) < 4.78 is 5.36. The summed E-state index contributed by atoms with van der Waals surface area (Å²) in [5.74, 6) is 0.494. The molecule has 1 rings (SSSR count). The van der Waals surface area contributed by atoms with E-state index in [1.807, 2.05) is 6.92 Å². The van der Waals surface area contributed by atoms with Crippen molar-refractivity contribution < 1.29 is 9.84 Å². The number of aliphatic hydroxyl groups is 1. The minimum Gasteiger partial charge on any atom is -0.389 e. The molecule has 5 nitrogen and oxygen atoms in total. The molecule has 1 unspecified atom stereocenters. The van der Waals surface area contributed by atoms with Crippen molar-refractivity contribution in [2.75, 3.05) is 19.8 Å². The number of aromatic nitrogens is 2. The Morgan fingerprint density at radius 1 is 1.28 bits per heavy atom. The summed E-state index contributed by atoms with van der Waals surface area (Å²) in [5.41, 5.74) is 1.77. The number of hydrogen-bond donors (Lipinski definition) is 2. The zero-order valence-corrected chi connectivity index (χ0v) is 11.4. The molecule has 102 valence electrons. The summed E-state index contributed by atoms with van der Waals surface area (Å²) in [6.07, 6.45) is 2.99. The Labute approximate surface area is 109 Å². The normalized spacial score (nSPS) is 12.9. The van der Waals surface area contributed by atoms with E-state index in [0.717, 1.165) is 11.4 Å². The van der Waals surface area contributed by atoms with E-state index < -0.39 is 6.10 Å². The molecule has 0 radical (unpaired) electrons. The molecular weight excluding hydrogens is 230 g/mol. The van der Waals surface area contributed by atoms with Crippen LogP contribution in [0.3, 0.4) is 0 Å². The van der Waals surface area contributed by atoms with Gasteiger partial charge in [0.1, 0.15) is 0 Å². The van der Waals surface area contributed by atoms with Gasteiger partial charge in [0, 0.05) is 32.1 Å². The second kappa shape index (κ2) is 8.13. The molecule has 2 N–H and O–H groups in total. The third kappa shape index (κ3) is 6.64. The SMILES string of the molecule is Cc1cnc(CNCC(O)COCC(C)C)cn1. The molecule has 0 aliphatic heterocycles. The third-order valence-corrected chi connectivity index (χ3v) is 2.28. The summed E-state index contributed by atoms with van der Waals surface area (Å²) in [6.45, 7) is 8.22.